The number of hydrogen-bond donors (Lipinski definition) is 2. The number of rotatable bonds is 6. The van der Waals surface area contributed by atoms with Crippen LogP contribution in [0.5, 0.6) is 0 Å². The maximum atomic E-state index is 14.5. The highest BCUT2D eigenvalue weighted by Crippen LogP contribution is 2.44. The van der Waals surface area contributed by atoms with Gasteiger partial charge in [-0.2, -0.15) is 0 Å². The second-order valence-corrected chi connectivity index (χ2v) is 10.7. The van der Waals surface area contributed by atoms with Crippen molar-refractivity contribution in [2.75, 3.05) is 6.61 Å². The van der Waals surface area contributed by atoms with E-state index in [4.69, 9.17) is 9.47 Å². The van der Waals surface area contributed by atoms with Crippen LogP contribution in [0.4, 0.5) is 14.0 Å². The van der Waals surface area contributed by atoms with Crippen molar-refractivity contribution in [3.8, 4) is 11.1 Å². The lowest BCUT2D eigenvalue weighted by Gasteiger charge is -2.24. The number of halogens is 1. The van der Waals surface area contributed by atoms with E-state index >= 15 is 0 Å². The number of carboxylic acid groups (broad SMARTS) is 1. The third kappa shape index (κ3) is 5.27. The van der Waals surface area contributed by atoms with Gasteiger partial charge in [0.05, 0.1) is 5.52 Å². The van der Waals surface area contributed by atoms with Crippen LogP contribution in [-0.2, 0) is 20.7 Å². The van der Waals surface area contributed by atoms with Gasteiger partial charge >= 0.3 is 18.2 Å². The molecule has 0 spiro atoms. The van der Waals surface area contributed by atoms with Gasteiger partial charge in [0.2, 0.25) is 0 Å². The lowest BCUT2D eigenvalue weighted by Crippen LogP contribution is -2.46. The number of carbonyl (C=O) groups is 3. The number of esters is 1. The van der Waals surface area contributed by atoms with E-state index in [1.54, 1.807) is 26.8 Å². The Morgan fingerprint density at radius 1 is 0.975 bits per heavy atom. The largest absolute Gasteiger partial charge is 0.464 e. The number of amides is 1. The van der Waals surface area contributed by atoms with Crippen LogP contribution >= 0.6 is 0 Å². The topological polar surface area (TPSA) is 107 Å². The molecule has 4 aromatic rings. The molecule has 1 aromatic heterocycles. The third-order valence-corrected chi connectivity index (χ3v) is 6.82. The van der Waals surface area contributed by atoms with Gasteiger partial charge in [-0.25, -0.2) is 23.3 Å². The summed E-state index contributed by atoms with van der Waals surface area (Å²) in [5, 5.41) is 12.5. The number of para-hydroxylation sites is 1. The maximum Gasteiger partial charge on any atom is 0.416 e. The second-order valence-electron chi connectivity index (χ2n) is 10.7. The lowest BCUT2D eigenvalue weighted by atomic mass is 9.98. The van der Waals surface area contributed by atoms with E-state index < -0.39 is 35.6 Å². The highest BCUT2D eigenvalue weighted by atomic mass is 19.1. The predicted molar refractivity (Wildman–Crippen MR) is 147 cm³/mol. The molecule has 2 N–H and O–H groups in total. The van der Waals surface area contributed by atoms with Gasteiger partial charge in [0.15, 0.2) is 0 Å². The molecule has 0 saturated carbocycles. The third-order valence-electron chi connectivity index (χ3n) is 6.82. The first kappa shape index (κ1) is 26.9. The van der Waals surface area contributed by atoms with Crippen molar-refractivity contribution in [2.45, 2.75) is 44.8 Å². The molecule has 206 valence electrons. The van der Waals surface area contributed by atoms with Crippen LogP contribution in [0.3, 0.4) is 0 Å². The summed E-state index contributed by atoms with van der Waals surface area (Å²) >= 11 is 0. The lowest BCUT2D eigenvalue weighted by molar-refractivity contribution is -0.157. The summed E-state index contributed by atoms with van der Waals surface area (Å²) in [6, 6.07) is 18.8. The normalized spacial score (nSPS) is 13.4. The molecular weight excluding hydrogens is 515 g/mol. The summed E-state index contributed by atoms with van der Waals surface area (Å²) in [4.78, 5) is 37.9. The highest BCUT2D eigenvalue weighted by Gasteiger charge is 2.32. The Morgan fingerprint density at radius 3 is 2.20 bits per heavy atom. The molecule has 1 atom stereocenters. The number of alkyl carbamates (subject to hydrolysis) is 1. The van der Waals surface area contributed by atoms with E-state index in [0.717, 1.165) is 32.9 Å². The van der Waals surface area contributed by atoms with Crippen molar-refractivity contribution in [3.63, 3.8) is 0 Å². The summed E-state index contributed by atoms with van der Waals surface area (Å²) in [6.45, 7) is 5.13. The molecule has 1 unspecified atom stereocenters. The average Bonchev–Trinajstić information content (AvgIpc) is 3.43. The zero-order valence-electron chi connectivity index (χ0n) is 22.3. The molecule has 0 saturated heterocycles. The summed E-state index contributed by atoms with van der Waals surface area (Å²) in [5.74, 6) is -1.62. The van der Waals surface area contributed by atoms with Gasteiger partial charge in [-0.3, -0.25) is 0 Å². The molecule has 1 amide bonds. The zero-order valence-corrected chi connectivity index (χ0v) is 22.3. The number of ether oxygens (including phenoxy) is 2. The first-order valence-corrected chi connectivity index (χ1v) is 12.9. The molecular formula is C31H29FN2O6. The van der Waals surface area contributed by atoms with Crippen molar-refractivity contribution >= 4 is 29.1 Å². The van der Waals surface area contributed by atoms with Crippen LogP contribution in [-0.4, -0.2) is 46.1 Å². The molecule has 1 aliphatic carbocycles. The monoisotopic (exact) mass is 544 g/mol. The molecule has 9 heteroatoms. The minimum absolute atomic E-state index is 0.0461. The standard InChI is InChI=1S/C31H29FN2O6/c1-31(2,3)40-28(35)26(15-18-16-34(30(37)38)27-19(18)13-8-14-25(27)32)33-29(36)39-17-24-22-11-6-4-9-20(22)21-10-5-7-12-23(21)24/h4-14,16,24,26H,15,17H2,1-3H3,(H,33,36)(H,37,38). The number of hydrogen-bond acceptors (Lipinski definition) is 5. The number of fused-ring (bicyclic) bond motifs is 4. The van der Waals surface area contributed by atoms with Gasteiger partial charge in [0.1, 0.15) is 24.1 Å². The van der Waals surface area contributed by atoms with Gasteiger partial charge in [-0.1, -0.05) is 60.7 Å². The quantitative estimate of drug-likeness (QED) is 0.284. The van der Waals surface area contributed by atoms with Crippen LogP contribution in [0.2, 0.25) is 0 Å². The van der Waals surface area contributed by atoms with Crippen LogP contribution in [0, 0.1) is 5.82 Å². The van der Waals surface area contributed by atoms with Crippen molar-refractivity contribution in [1.82, 2.24) is 9.88 Å². The van der Waals surface area contributed by atoms with Gasteiger partial charge in [0.25, 0.3) is 0 Å². The van der Waals surface area contributed by atoms with Gasteiger partial charge in [-0.05, 0) is 54.7 Å². The van der Waals surface area contributed by atoms with Crippen LogP contribution in [0.15, 0.2) is 72.9 Å². The summed E-state index contributed by atoms with van der Waals surface area (Å²) in [5.41, 5.74) is 3.63. The Labute approximate surface area is 230 Å². The number of nitrogens with one attached hydrogen (secondary N) is 1. The van der Waals surface area contributed by atoms with Crippen LogP contribution in [0.1, 0.15) is 43.4 Å². The fourth-order valence-electron chi connectivity index (χ4n) is 5.19. The minimum atomic E-state index is -1.38. The van der Waals surface area contributed by atoms with Gasteiger partial charge in [0, 0.05) is 23.9 Å². The predicted octanol–water partition coefficient (Wildman–Crippen LogP) is 6.10. The molecule has 3 aromatic carbocycles. The van der Waals surface area contributed by atoms with Gasteiger partial charge in [-0.15, -0.1) is 0 Å². The fraction of sp³-hybridized carbons (Fsp3) is 0.258. The van der Waals surface area contributed by atoms with Crippen molar-refractivity contribution in [3.05, 3.63) is 95.4 Å². The van der Waals surface area contributed by atoms with E-state index in [-0.39, 0.29) is 24.5 Å². The van der Waals surface area contributed by atoms with Crippen LogP contribution < -0.4 is 5.32 Å². The molecule has 0 bridgehead atoms. The first-order chi connectivity index (χ1) is 19.0. The maximum absolute atomic E-state index is 14.5. The second kappa shape index (κ2) is 10.5. The van der Waals surface area contributed by atoms with Crippen molar-refractivity contribution in [2.24, 2.45) is 0 Å². The Bertz CT molecular complexity index is 1570. The number of benzene rings is 3. The van der Waals surface area contributed by atoms with Crippen LogP contribution in [0.25, 0.3) is 22.0 Å². The molecule has 8 nitrogen and oxygen atoms in total. The Balaban J connectivity index is 1.38. The summed E-state index contributed by atoms with van der Waals surface area (Å²) < 4.78 is 26.5. The average molecular weight is 545 g/mol. The van der Waals surface area contributed by atoms with Crippen molar-refractivity contribution < 1.29 is 33.4 Å². The fourth-order valence-corrected chi connectivity index (χ4v) is 5.19. The molecule has 5 rings (SSSR count). The molecule has 0 radical (unpaired) electrons. The van der Waals surface area contributed by atoms with E-state index in [9.17, 15) is 23.9 Å². The summed E-state index contributed by atoms with van der Waals surface area (Å²) in [7, 11) is 0. The van der Waals surface area contributed by atoms with Crippen molar-refractivity contribution in [1.29, 1.82) is 0 Å². The minimum Gasteiger partial charge on any atom is -0.464 e. The molecule has 1 aliphatic rings. The zero-order chi connectivity index (χ0) is 28.6. The summed E-state index contributed by atoms with van der Waals surface area (Å²) in [6.07, 6.45) is -1.10. The SMILES string of the molecule is CC(C)(C)OC(=O)C(Cc1cn(C(=O)O)c2c(F)cccc12)NC(=O)OCC1c2ccccc2-c2ccccc21. The molecule has 1 heterocycles. The number of carbonyl (C=O) groups excluding carboxylic acids is 2. The van der Waals surface area contributed by atoms with Gasteiger partial charge < -0.3 is 19.9 Å². The smallest absolute Gasteiger partial charge is 0.416 e. The Hall–Kier alpha value is -4.66. The number of aromatic nitrogens is 1. The Kier molecular flexibility index (Phi) is 7.06. The van der Waals surface area contributed by atoms with E-state index in [1.165, 1.54) is 12.3 Å². The van der Waals surface area contributed by atoms with E-state index in [1.807, 2.05) is 48.5 Å². The van der Waals surface area contributed by atoms with E-state index in [2.05, 4.69) is 5.32 Å². The molecule has 0 fully saturated rings. The number of nitrogens with zero attached hydrogens (tertiary/aromatic N) is 1. The van der Waals surface area contributed by atoms with E-state index in [0.29, 0.717) is 10.9 Å². The molecule has 40 heavy (non-hydrogen) atoms. The first-order valence-electron chi connectivity index (χ1n) is 12.9. The highest BCUT2D eigenvalue weighted by molar-refractivity contribution is 5.92. The molecule has 0 aliphatic heterocycles. The Morgan fingerprint density at radius 2 is 1.60 bits per heavy atom.